The number of anilines is 1. The van der Waals surface area contributed by atoms with E-state index in [0.717, 1.165) is 3.57 Å². The van der Waals surface area contributed by atoms with E-state index < -0.39 is 6.09 Å². The number of phenolic OH excluding ortho intramolecular Hbond substituents is 1. The Labute approximate surface area is 165 Å². The molecule has 130 valence electrons. The van der Waals surface area contributed by atoms with Crippen LogP contribution in [0.3, 0.4) is 0 Å². The second-order valence-electron chi connectivity index (χ2n) is 6.11. The molecule has 0 heterocycles. The first-order valence-electron chi connectivity index (χ1n) is 8.24. The molecule has 0 aromatic heterocycles. The Morgan fingerprint density at radius 1 is 1.00 bits per heavy atom. The summed E-state index contributed by atoms with van der Waals surface area (Å²) in [6.45, 7) is 0.272. The Bertz CT molecular complexity index is 941. The molecule has 0 saturated heterocycles. The van der Waals surface area contributed by atoms with Crippen molar-refractivity contribution in [2.24, 2.45) is 0 Å². The van der Waals surface area contributed by atoms with Crippen molar-refractivity contribution in [2.75, 3.05) is 11.9 Å². The van der Waals surface area contributed by atoms with Gasteiger partial charge in [-0.2, -0.15) is 0 Å². The third kappa shape index (κ3) is 3.14. The van der Waals surface area contributed by atoms with E-state index in [1.54, 1.807) is 12.1 Å². The quantitative estimate of drug-likeness (QED) is 0.412. The molecule has 0 spiro atoms. The molecule has 5 heteroatoms. The zero-order valence-electron chi connectivity index (χ0n) is 13.8. The maximum atomic E-state index is 12.2. The molecule has 0 atom stereocenters. The molecule has 3 aromatic carbocycles. The third-order valence-electron chi connectivity index (χ3n) is 4.53. The fourth-order valence-corrected chi connectivity index (χ4v) is 3.98. The van der Waals surface area contributed by atoms with Crippen molar-refractivity contribution in [3.63, 3.8) is 0 Å². The highest BCUT2D eigenvalue weighted by Crippen LogP contribution is 2.44. The number of amides is 1. The van der Waals surface area contributed by atoms with E-state index in [-0.39, 0.29) is 18.3 Å². The van der Waals surface area contributed by atoms with Gasteiger partial charge in [0.05, 0.1) is 5.69 Å². The van der Waals surface area contributed by atoms with Crippen molar-refractivity contribution in [1.82, 2.24) is 0 Å². The summed E-state index contributed by atoms with van der Waals surface area (Å²) in [6.07, 6.45) is -0.504. The first-order valence-corrected chi connectivity index (χ1v) is 9.32. The van der Waals surface area contributed by atoms with E-state index >= 15 is 0 Å². The van der Waals surface area contributed by atoms with Crippen LogP contribution >= 0.6 is 22.6 Å². The summed E-state index contributed by atoms with van der Waals surface area (Å²) in [5.74, 6) is 0.194. The molecular weight excluding hydrogens is 441 g/mol. The van der Waals surface area contributed by atoms with Gasteiger partial charge >= 0.3 is 6.09 Å². The van der Waals surface area contributed by atoms with Crippen LogP contribution in [0, 0.1) is 3.57 Å². The van der Waals surface area contributed by atoms with E-state index in [2.05, 4.69) is 52.2 Å². The van der Waals surface area contributed by atoms with Gasteiger partial charge in [0, 0.05) is 9.49 Å². The van der Waals surface area contributed by atoms with Gasteiger partial charge in [0.2, 0.25) is 0 Å². The summed E-state index contributed by atoms with van der Waals surface area (Å²) in [5.41, 5.74) is 5.37. The molecule has 1 aliphatic carbocycles. The Hall–Kier alpha value is -2.54. The highest BCUT2D eigenvalue weighted by Gasteiger charge is 2.29. The molecule has 0 unspecified atom stereocenters. The molecule has 3 aromatic rings. The van der Waals surface area contributed by atoms with Crippen LogP contribution in [0.1, 0.15) is 17.0 Å². The number of hydrogen-bond donors (Lipinski definition) is 2. The number of hydrogen-bond acceptors (Lipinski definition) is 3. The second-order valence-corrected chi connectivity index (χ2v) is 7.28. The molecule has 0 aliphatic heterocycles. The molecule has 26 heavy (non-hydrogen) atoms. The predicted molar refractivity (Wildman–Crippen MR) is 110 cm³/mol. The molecule has 4 nitrogen and oxygen atoms in total. The molecule has 0 radical (unpaired) electrons. The minimum absolute atomic E-state index is 0.0343. The fourth-order valence-electron chi connectivity index (χ4n) is 3.35. The van der Waals surface area contributed by atoms with Crippen LogP contribution in [0.5, 0.6) is 5.75 Å². The van der Waals surface area contributed by atoms with Gasteiger partial charge in [0.1, 0.15) is 12.4 Å². The van der Waals surface area contributed by atoms with Crippen molar-refractivity contribution in [1.29, 1.82) is 0 Å². The van der Waals surface area contributed by atoms with Crippen molar-refractivity contribution in [2.45, 2.75) is 5.92 Å². The Morgan fingerprint density at radius 3 is 2.23 bits per heavy atom. The highest BCUT2D eigenvalue weighted by molar-refractivity contribution is 14.1. The van der Waals surface area contributed by atoms with Gasteiger partial charge in [-0.1, -0.05) is 48.5 Å². The minimum atomic E-state index is -0.504. The zero-order chi connectivity index (χ0) is 18.1. The number of rotatable bonds is 3. The third-order valence-corrected chi connectivity index (χ3v) is 5.43. The summed E-state index contributed by atoms with van der Waals surface area (Å²) in [7, 11) is 0. The van der Waals surface area contributed by atoms with E-state index in [0.29, 0.717) is 5.69 Å². The maximum Gasteiger partial charge on any atom is 0.411 e. The van der Waals surface area contributed by atoms with Crippen molar-refractivity contribution < 1.29 is 14.6 Å². The predicted octanol–water partition coefficient (Wildman–Crippen LogP) is 5.36. The number of nitrogens with one attached hydrogen (secondary N) is 1. The van der Waals surface area contributed by atoms with E-state index in [9.17, 15) is 9.90 Å². The monoisotopic (exact) mass is 457 g/mol. The minimum Gasteiger partial charge on any atom is -0.508 e. The van der Waals surface area contributed by atoms with E-state index in [4.69, 9.17) is 4.74 Å². The van der Waals surface area contributed by atoms with Gasteiger partial charge in [-0.3, -0.25) is 5.32 Å². The fraction of sp³-hybridized carbons (Fsp3) is 0.0952. The summed E-state index contributed by atoms with van der Waals surface area (Å²) in [6, 6.07) is 21.2. The standard InChI is InChI=1S/C21H16INO3/c22-19-11-13(24)9-10-20(19)23-21(25)26-12-18-16-7-3-1-5-14(16)15-6-2-4-8-17(15)18/h1-11,18,24H,12H2,(H,23,25). The molecule has 0 saturated carbocycles. The molecule has 2 N–H and O–H groups in total. The number of fused-ring (bicyclic) bond motifs is 3. The van der Waals surface area contributed by atoms with Crippen LogP contribution in [0.2, 0.25) is 0 Å². The topological polar surface area (TPSA) is 58.6 Å². The van der Waals surface area contributed by atoms with E-state index in [1.165, 1.54) is 28.3 Å². The lowest BCUT2D eigenvalue weighted by atomic mass is 9.98. The zero-order valence-corrected chi connectivity index (χ0v) is 15.9. The molecule has 1 aliphatic rings. The van der Waals surface area contributed by atoms with Gasteiger partial charge in [0.15, 0.2) is 0 Å². The maximum absolute atomic E-state index is 12.2. The number of carbonyl (C=O) groups excluding carboxylic acids is 1. The van der Waals surface area contributed by atoms with Crippen LogP contribution in [0.4, 0.5) is 10.5 Å². The lowest BCUT2D eigenvalue weighted by molar-refractivity contribution is 0.158. The SMILES string of the molecule is O=C(Nc1ccc(O)cc1I)OCC1c2ccccc2-c2ccccc21. The second kappa shape index (κ2) is 6.99. The van der Waals surface area contributed by atoms with Gasteiger partial charge in [-0.05, 0) is 63.0 Å². The number of phenols is 1. The molecule has 4 rings (SSSR count). The van der Waals surface area contributed by atoms with Crippen LogP contribution in [-0.2, 0) is 4.74 Å². The smallest absolute Gasteiger partial charge is 0.411 e. The average molecular weight is 457 g/mol. The van der Waals surface area contributed by atoms with E-state index in [1.807, 2.05) is 24.3 Å². The Morgan fingerprint density at radius 2 is 1.62 bits per heavy atom. The number of benzene rings is 3. The summed E-state index contributed by atoms with van der Waals surface area (Å²) in [4.78, 5) is 12.2. The number of halogens is 1. The van der Waals surface area contributed by atoms with Crippen molar-refractivity contribution in [3.05, 3.63) is 81.4 Å². The molecular formula is C21H16INO3. The van der Waals surface area contributed by atoms with Gasteiger partial charge < -0.3 is 9.84 Å². The first kappa shape index (κ1) is 16.9. The molecule has 0 fully saturated rings. The highest BCUT2D eigenvalue weighted by atomic mass is 127. The lowest BCUT2D eigenvalue weighted by Crippen LogP contribution is -2.18. The van der Waals surface area contributed by atoms with Crippen molar-refractivity contribution in [3.8, 4) is 16.9 Å². The van der Waals surface area contributed by atoms with Crippen LogP contribution in [-0.4, -0.2) is 17.8 Å². The number of ether oxygens (including phenoxy) is 1. The average Bonchev–Trinajstić information content (AvgIpc) is 2.96. The first-order chi connectivity index (χ1) is 12.6. The molecule has 0 bridgehead atoms. The van der Waals surface area contributed by atoms with Gasteiger partial charge in [-0.15, -0.1) is 0 Å². The summed E-state index contributed by atoms with van der Waals surface area (Å²) < 4.78 is 6.26. The lowest BCUT2D eigenvalue weighted by Gasteiger charge is -2.15. The Kier molecular flexibility index (Phi) is 4.55. The summed E-state index contributed by atoms with van der Waals surface area (Å²) >= 11 is 2.06. The van der Waals surface area contributed by atoms with Gasteiger partial charge in [0.25, 0.3) is 0 Å². The Balaban J connectivity index is 1.50. The largest absolute Gasteiger partial charge is 0.508 e. The van der Waals surface area contributed by atoms with Crippen LogP contribution in [0.25, 0.3) is 11.1 Å². The normalized spacial score (nSPS) is 12.3. The molecule has 1 amide bonds. The van der Waals surface area contributed by atoms with Gasteiger partial charge in [-0.25, -0.2) is 4.79 Å². The van der Waals surface area contributed by atoms with Crippen LogP contribution in [0.15, 0.2) is 66.7 Å². The number of carbonyl (C=O) groups is 1. The number of aromatic hydroxyl groups is 1. The van der Waals surface area contributed by atoms with Crippen LogP contribution < -0.4 is 5.32 Å². The van der Waals surface area contributed by atoms with Crippen molar-refractivity contribution >= 4 is 34.4 Å². The summed E-state index contributed by atoms with van der Waals surface area (Å²) in [5, 5.41) is 12.2.